The van der Waals surface area contributed by atoms with E-state index in [4.69, 9.17) is 0 Å². The maximum Gasteiger partial charge on any atom is 0.228 e. The van der Waals surface area contributed by atoms with Gasteiger partial charge in [-0.15, -0.1) is 0 Å². The monoisotopic (exact) mass is 310 g/mol. The van der Waals surface area contributed by atoms with E-state index in [1.165, 1.54) is 5.56 Å². The molecule has 23 heavy (non-hydrogen) atoms. The van der Waals surface area contributed by atoms with Crippen LogP contribution in [-0.2, 0) is 35.3 Å². The Morgan fingerprint density at radius 2 is 2.26 bits per heavy atom. The van der Waals surface area contributed by atoms with Crippen LogP contribution in [0.15, 0.2) is 24.4 Å². The molecule has 3 N–H and O–H groups in total. The molecule has 1 aliphatic carbocycles. The number of anilines is 1. The van der Waals surface area contributed by atoms with Gasteiger partial charge in [-0.3, -0.25) is 14.7 Å². The number of carbonyl (C=O) groups excluding carboxylic acids is 2. The maximum atomic E-state index is 12.3. The summed E-state index contributed by atoms with van der Waals surface area (Å²) in [4.78, 5) is 23.6. The van der Waals surface area contributed by atoms with E-state index in [0.717, 1.165) is 41.8 Å². The Kier molecular flexibility index (Phi) is 3.37. The molecule has 1 aliphatic heterocycles. The summed E-state index contributed by atoms with van der Waals surface area (Å²) in [6, 6.07) is 5.90. The zero-order valence-electron chi connectivity index (χ0n) is 12.7. The second-order valence-corrected chi connectivity index (χ2v) is 6.27. The molecule has 2 heterocycles. The summed E-state index contributed by atoms with van der Waals surface area (Å²) in [6.45, 7) is 0. The van der Waals surface area contributed by atoms with E-state index in [-0.39, 0.29) is 17.9 Å². The number of rotatable bonds is 3. The van der Waals surface area contributed by atoms with Gasteiger partial charge in [0.15, 0.2) is 0 Å². The Hall–Kier alpha value is -2.63. The number of benzene rings is 1. The summed E-state index contributed by atoms with van der Waals surface area (Å²) < 4.78 is 0. The van der Waals surface area contributed by atoms with E-state index in [0.29, 0.717) is 12.8 Å². The van der Waals surface area contributed by atoms with Crippen LogP contribution in [0, 0.1) is 0 Å². The minimum Gasteiger partial charge on any atom is -0.353 e. The van der Waals surface area contributed by atoms with E-state index in [2.05, 4.69) is 20.8 Å². The molecule has 4 rings (SSSR count). The fourth-order valence-electron chi connectivity index (χ4n) is 3.37. The largest absolute Gasteiger partial charge is 0.353 e. The van der Waals surface area contributed by atoms with Gasteiger partial charge < -0.3 is 10.6 Å². The number of amides is 2. The molecule has 2 aliphatic rings. The molecule has 0 spiro atoms. The third-order valence-corrected chi connectivity index (χ3v) is 4.55. The zero-order chi connectivity index (χ0) is 15.8. The predicted molar refractivity (Wildman–Crippen MR) is 85.0 cm³/mol. The second kappa shape index (κ2) is 5.53. The number of aryl methyl sites for hydroxylation is 1. The fraction of sp³-hybridized carbons (Fsp3) is 0.353. The highest BCUT2D eigenvalue weighted by molar-refractivity contribution is 5.99. The van der Waals surface area contributed by atoms with E-state index < -0.39 is 0 Å². The minimum atomic E-state index is 0.0131. The molecule has 2 aromatic rings. The molecule has 118 valence electrons. The third kappa shape index (κ3) is 2.84. The number of nitrogens with zero attached hydrogens (tertiary/aromatic N) is 1. The molecular weight excluding hydrogens is 292 g/mol. The molecule has 0 saturated heterocycles. The molecule has 2 amide bonds. The molecule has 1 aromatic heterocycles. The number of aromatic nitrogens is 2. The van der Waals surface area contributed by atoms with Gasteiger partial charge in [-0.25, -0.2) is 0 Å². The van der Waals surface area contributed by atoms with Crippen molar-refractivity contribution in [2.75, 3.05) is 5.32 Å². The summed E-state index contributed by atoms with van der Waals surface area (Å²) in [5, 5.41) is 13.0. The van der Waals surface area contributed by atoms with Gasteiger partial charge in [0.1, 0.15) is 0 Å². The number of carbonyl (C=O) groups is 2. The molecule has 6 heteroatoms. The van der Waals surface area contributed by atoms with Gasteiger partial charge in [0.25, 0.3) is 0 Å². The first kappa shape index (κ1) is 14.0. The molecular formula is C17H18N4O2. The maximum absolute atomic E-state index is 12.3. The van der Waals surface area contributed by atoms with Gasteiger partial charge in [0, 0.05) is 23.8 Å². The quantitative estimate of drug-likeness (QED) is 0.794. The van der Waals surface area contributed by atoms with Crippen molar-refractivity contribution < 1.29 is 9.59 Å². The Morgan fingerprint density at radius 1 is 1.35 bits per heavy atom. The van der Waals surface area contributed by atoms with Gasteiger partial charge in [-0.2, -0.15) is 5.10 Å². The normalized spacial score (nSPS) is 19.0. The van der Waals surface area contributed by atoms with Crippen molar-refractivity contribution in [1.82, 2.24) is 15.5 Å². The number of nitrogens with one attached hydrogen (secondary N) is 3. The highest BCUT2D eigenvalue weighted by atomic mass is 16.2. The molecule has 1 aromatic carbocycles. The van der Waals surface area contributed by atoms with Crippen molar-refractivity contribution >= 4 is 17.5 Å². The standard InChI is InChI=1S/C17H18N4O2/c22-16(19-13-4-3-12-9-18-21-15(12)8-13)6-10-1-2-11-7-17(23)20-14(11)5-10/h1-2,5,9,13H,3-4,6-8H2,(H,18,21)(H,19,22)(H,20,23). The van der Waals surface area contributed by atoms with Crippen LogP contribution in [-0.4, -0.2) is 28.1 Å². The number of hydrogen-bond acceptors (Lipinski definition) is 3. The lowest BCUT2D eigenvalue weighted by molar-refractivity contribution is -0.121. The first-order valence-electron chi connectivity index (χ1n) is 7.89. The lowest BCUT2D eigenvalue weighted by Gasteiger charge is -2.22. The Labute approximate surface area is 133 Å². The van der Waals surface area contributed by atoms with Crippen LogP contribution in [0.4, 0.5) is 5.69 Å². The summed E-state index contributed by atoms with van der Waals surface area (Å²) in [5.74, 6) is 0.0291. The van der Waals surface area contributed by atoms with Crippen LogP contribution < -0.4 is 10.6 Å². The van der Waals surface area contributed by atoms with Gasteiger partial charge in [0.05, 0.1) is 19.0 Å². The Morgan fingerprint density at radius 3 is 3.17 bits per heavy atom. The highest BCUT2D eigenvalue weighted by Crippen LogP contribution is 2.24. The second-order valence-electron chi connectivity index (χ2n) is 6.27. The molecule has 1 unspecified atom stereocenters. The number of aromatic amines is 1. The van der Waals surface area contributed by atoms with E-state index in [9.17, 15) is 9.59 Å². The van der Waals surface area contributed by atoms with Crippen molar-refractivity contribution in [3.05, 3.63) is 46.8 Å². The molecule has 6 nitrogen and oxygen atoms in total. The molecule has 0 bridgehead atoms. The lowest BCUT2D eigenvalue weighted by Crippen LogP contribution is -2.39. The first-order chi connectivity index (χ1) is 11.2. The molecule has 0 radical (unpaired) electrons. The van der Waals surface area contributed by atoms with E-state index in [1.807, 2.05) is 24.4 Å². The molecule has 1 atom stereocenters. The van der Waals surface area contributed by atoms with Crippen molar-refractivity contribution in [2.24, 2.45) is 0 Å². The fourth-order valence-corrected chi connectivity index (χ4v) is 3.37. The Bertz CT molecular complexity index is 781. The SMILES string of the molecule is O=C1Cc2ccc(CC(=O)NC3CCc4cn[nH]c4C3)cc2N1. The van der Waals surface area contributed by atoms with Gasteiger partial charge in [-0.1, -0.05) is 12.1 Å². The number of fused-ring (bicyclic) bond motifs is 2. The topological polar surface area (TPSA) is 86.9 Å². The van der Waals surface area contributed by atoms with E-state index >= 15 is 0 Å². The van der Waals surface area contributed by atoms with Crippen molar-refractivity contribution in [3.8, 4) is 0 Å². The average Bonchev–Trinajstić information content (AvgIpc) is 3.11. The van der Waals surface area contributed by atoms with Crippen LogP contribution in [0.1, 0.15) is 28.8 Å². The smallest absolute Gasteiger partial charge is 0.228 e. The van der Waals surface area contributed by atoms with E-state index in [1.54, 1.807) is 0 Å². The van der Waals surface area contributed by atoms with Gasteiger partial charge in [-0.05, 0) is 35.6 Å². The van der Waals surface area contributed by atoms with Crippen LogP contribution in [0.2, 0.25) is 0 Å². The number of H-pyrrole nitrogens is 1. The van der Waals surface area contributed by atoms with Crippen LogP contribution >= 0.6 is 0 Å². The average molecular weight is 310 g/mol. The zero-order valence-corrected chi connectivity index (χ0v) is 12.7. The van der Waals surface area contributed by atoms with Crippen molar-refractivity contribution in [3.63, 3.8) is 0 Å². The Balaban J connectivity index is 1.38. The van der Waals surface area contributed by atoms with Crippen molar-refractivity contribution in [2.45, 2.75) is 38.1 Å². The summed E-state index contributed by atoms with van der Waals surface area (Å²) in [6.07, 6.45) is 5.32. The van der Waals surface area contributed by atoms with Crippen LogP contribution in [0.5, 0.6) is 0 Å². The van der Waals surface area contributed by atoms with Crippen LogP contribution in [0.3, 0.4) is 0 Å². The van der Waals surface area contributed by atoms with Gasteiger partial charge >= 0.3 is 0 Å². The first-order valence-corrected chi connectivity index (χ1v) is 7.89. The third-order valence-electron chi connectivity index (χ3n) is 4.55. The lowest BCUT2D eigenvalue weighted by atomic mass is 9.93. The number of hydrogen-bond donors (Lipinski definition) is 3. The van der Waals surface area contributed by atoms with Crippen LogP contribution in [0.25, 0.3) is 0 Å². The predicted octanol–water partition coefficient (Wildman–Crippen LogP) is 1.12. The van der Waals surface area contributed by atoms with Crippen molar-refractivity contribution in [1.29, 1.82) is 0 Å². The summed E-state index contributed by atoms with van der Waals surface area (Å²) in [7, 11) is 0. The van der Waals surface area contributed by atoms with Gasteiger partial charge in [0.2, 0.25) is 11.8 Å². The molecule has 0 fully saturated rings. The highest BCUT2D eigenvalue weighted by Gasteiger charge is 2.22. The molecule has 0 saturated carbocycles. The summed E-state index contributed by atoms with van der Waals surface area (Å²) in [5.41, 5.74) is 5.13. The summed E-state index contributed by atoms with van der Waals surface area (Å²) >= 11 is 0. The minimum absolute atomic E-state index is 0.0131.